The first-order chi connectivity index (χ1) is 11.2. The van der Waals surface area contributed by atoms with E-state index >= 15 is 0 Å². The van der Waals surface area contributed by atoms with Gasteiger partial charge in [-0.15, -0.1) is 0 Å². The summed E-state index contributed by atoms with van der Waals surface area (Å²) >= 11 is 5.95. The molecule has 0 aromatic heterocycles. The maximum atomic E-state index is 12.6. The molecule has 0 spiro atoms. The summed E-state index contributed by atoms with van der Waals surface area (Å²) in [5.41, 5.74) is 3.30. The number of rotatable bonds is 2. The van der Waals surface area contributed by atoms with Gasteiger partial charge in [0.25, 0.3) is 5.91 Å². The molecule has 2 aromatic carbocycles. The molecule has 0 bridgehead atoms. The lowest BCUT2D eigenvalue weighted by Gasteiger charge is -2.28. The van der Waals surface area contributed by atoms with Crippen LogP contribution in [-0.4, -0.2) is 17.4 Å². The fourth-order valence-corrected chi connectivity index (χ4v) is 2.94. The molecule has 0 aliphatic carbocycles. The summed E-state index contributed by atoms with van der Waals surface area (Å²) in [5, 5.41) is 9.93. The Bertz CT molecular complexity index is 820. The Morgan fingerprint density at radius 2 is 1.96 bits per heavy atom. The van der Waals surface area contributed by atoms with E-state index in [4.69, 9.17) is 11.6 Å². The molecule has 0 saturated carbocycles. The van der Waals surface area contributed by atoms with Crippen LogP contribution in [0, 0.1) is 11.3 Å². The van der Waals surface area contributed by atoms with E-state index in [1.165, 1.54) is 5.56 Å². The minimum atomic E-state index is -0.234. The van der Waals surface area contributed by atoms with E-state index in [2.05, 4.69) is 6.07 Å². The third-order valence-electron chi connectivity index (χ3n) is 3.93. The number of benzene rings is 2. The van der Waals surface area contributed by atoms with Crippen LogP contribution in [0.3, 0.4) is 0 Å². The molecular formula is C19H15ClN2O. The van der Waals surface area contributed by atoms with Crippen LogP contribution >= 0.6 is 11.6 Å². The van der Waals surface area contributed by atoms with Gasteiger partial charge >= 0.3 is 0 Å². The first-order valence-electron chi connectivity index (χ1n) is 7.41. The Labute approximate surface area is 140 Å². The number of halogens is 1. The number of nitriles is 1. The van der Waals surface area contributed by atoms with Gasteiger partial charge in [-0.1, -0.05) is 48.0 Å². The van der Waals surface area contributed by atoms with Crippen molar-refractivity contribution in [2.24, 2.45) is 0 Å². The second-order valence-electron chi connectivity index (χ2n) is 5.47. The van der Waals surface area contributed by atoms with E-state index in [0.717, 1.165) is 17.5 Å². The Kier molecular flexibility index (Phi) is 4.45. The lowest BCUT2D eigenvalue weighted by Crippen LogP contribution is -2.36. The summed E-state index contributed by atoms with van der Waals surface area (Å²) in [7, 11) is 0. The third kappa shape index (κ3) is 3.44. The van der Waals surface area contributed by atoms with E-state index in [1.807, 2.05) is 30.3 Å². The van der Waals surface area contributed by atoms with Crippen LogP contribution in [0.25, 0.3) is 6.08 Å². The average molecular weight is 323 g/mol. The first kappa shape index (κ1) is 15.3. The number of nitrogens with zero attached hydrogens (tertiary/aromatic N) is 2. The van der Waals surface area contributed by atoms with Gasteiger partial charge in [-0.05, 0) is 41.3 Å². The van der Waals surface area contributed by atoms with Crippen molar-refractivity contribution in [3.63, 3.8) is 0 Å². The molecule has 3 nitrogen and oxygen atoms in total. The molecule has 0 saturated heterocycles. The van der Waals surface area contributed by atoms with E-state index < -0.39 is 0 Å². The Morgan fingerprint density at radius 3 is 2.70 bits per heavy atom. The SMILES string of the molecule is N#C/C(=C\c1cccc(Cl)c1)C(=O)N1CCc2ccccc2C1. The number of amides is 1. The van der Waals surface area contributed by atoms with Crippen molar-refractivity contribution in [2.45, 2.75) is 13.0 Å². The second kappa shape index (κ2) is 6.68. The molecule has 0 radical (unpaired) electrons. The summed E-state index contributed by atoms with van der Waals surface area (Å²) in [6.07, 6.45) is 2.41. The molecule has 0 atom stereocenters. The zero-order chi connectivity index (χ0) is 16.2. The minimum absolute atomic E-state index is 0.131. The van der Waals surface area contributed by atoms with E-state index in [9.17, 15) is 10.1 Å². The number of fused-ring (bicyclic) bond motifs is 1. The Hall–Kier alpha value is -2.57. The Morgan fingerprint density at radius 1 is 1.17 bits per heavy atom. The normalized spacial score (nSPS) is 14.1. The van der Waals surface area contributed by atoms with Gasteiger partial charge in [-0.25, -0.2) is 0 Å². The van der Waals surface area contributed by atoms with Gasteiger partial charge in [-0.2, -0.15) is 5.26 Å². The lowest BCUT2D eigenvalue weighted by atomic mass is 9.99. The fraction of sp³-hybridized carbons (Fsp3) is 0.158. The third-order valence-corrected chi connectivity index (χ3v) is 4.16. The zero-order valence-corrected chi connectivity index (χ0v) is 13.3. The number of hydrogen-bond donors (Lipinski definition) is 0. The predicted octanol–water partition coefficient (Wildman–Crippen LogP) is 3.83. The number of hydrogen-bond acceptors (Lipinski definition) is 2. The largest absolute Gasteiger partial charge is 0.333 e. The molecule has 0 unspecified atom stereocenters. The Balaban J connectivity index is 1.83. The standard InChI is InChI=1S/C19H15ClN2O/c20-18-7-3-4-14(11-18)10-17(12-21)19(23)22-9-8-15-5-1-2-6-16(15)13-22/h1-7,10-11H,8-9,13H2/b17-10+. The van der Waals surface area contributed by atoms with Gasteiger partial charge in [0.15, 0.2) is 0 Å². The van der Waals surface area contributed by atoms with Gasteiger partial charge in [-0.3, -0.25) is 4.79 Å². The minimum Gasteiger partial charge on any atom is -0.333 e. The molecule has 1 aliphatic rings. The summed E-state index contributed by atoms with van der Waals surface area (Å²) in [4.78, 5) is 14.4. The molecule has 0 N–H and O–H groups in total. The van der Waals surface area contributed by atoms with E-state index in [1.54, 1.807) is 29.2 Å². The number of carbonyl (C=O) groups is 1. The van der Waals surface area contributed by atoms with Gasteiger partial charge in [0.1, 0.15) is 11.6 Å². The van der Waals surface area contributed by atoms with Gasteiger partial charge in [0, 0.05) is 18.1 Å². The van der Waals surface area contributed by atoms with Crippen LogP contribution in [0.15, 0.2) is 54.1 Å². The monoisotopic (exact) mass is 322 g/mol. The molecule has 1 amide bonds. The van der Waals surface area contributed by atoms with Crippen molar-refractivity contribution in [3.05, 3.63) is 75.8 Å². The maximum Gasteiger partial charge on any atom is 0.264 e. The number of carbonyl (C=O) groups excluding carboxylic acids is 1. The van der Waals surface area contributed by atoms with Crippen LogP contribution < -0.4 is 0 Å². The van der Waals surface area contributed by atoms with Crippen molar-refractivity contribution < 1.29 is 4.79 Å². The van der Waals surface area contributed by atoms with Crippen molar-refractivity contribution >= 4 is 23.6 Å². The molecule has 1 aliphatic heterocycles. The molecular weight excluding hydrogens is 308 g/mol. The van der Waals surface area contributed by atoms with E-state index in [0.29, 0.717) is 18.1 Å². The van der Waals surface area contributed by atoms with Gasteiger partial charge in [0.2, 0.25) is 0 Å². The van der Waals surface area contributed by atoms with Gasteiger partial charge < -0.3 is 4.90 Å². The molecule has 2 aromatic rings. The highest BCUT2D eigenvalue weighted by Crippen LogP contribution is 2.21. The lowest BCUT2D eigenvalue weighted by molar-refractivity contribution is -0.127. The van der Waals surface area contributed by atoms with Crippen molar-refractivity contribution in [1.29, 1.82) is 5.26 Å². The highest BCUT2D eigenvalue weighted by Gasteiger charge is 2.23. The molecule has 3 rings (SSSR count). The smallest absolute Gasteiger partial charge is 0.264 e. The highest BCUT2D eigenvalue weighted by molar-refractivity contribution is 6.30. The summed E-state index contributed by atoms with van der Waals surface area (Å²) in [5.74, 6) is -0.234. The highest BCUT2D eigenvalue weighted by atomic mass is 35.5. The summed E-state index contributed by atoms with van der Waals surface area (Å²) < 4.78 is 0. The molecule has 1 heterocycles. The summed E-state index contributed by atoms with van der Waals surface area (Å²) in [6.45, 7) is 1.17. The second-order valence-corrected chi connectivity index (χ2v) is 5.91. The molecule has 114 valence electrons. The topological polar surface area (TPSA) is 44.1 Å². The molecule has 0 fully saturated rings. The van der Waals surface area contributed by atoms with Crippen LogP contribution in [-0.2, 0) is 17.8 Å². The van der Waals surface area contributed by atoms with Crippen LogP contribution in [0.5, 0.6) is 0 Å². The van der Waals surface area contributed by atoms with Crippen molar-refractivity contribution in [2.75, 3.05) is 6.54 Å². The van der Waals surface area contributed by atoms with Crippen LogP contribution in [0.2, 0.25) is 5.02 Å². The summed E-state index contributed by atoms with van der Waals surface area (Å²) in [6, 6.07) is 17.2. The first-order valence-corrected chi connectivity index (χ1v) is 7.78. The zero-order valence-electron chi connectivity index (χ0n) is 12.5. The quantitative estimate of drug-likeness (QED) is 0.623. The molecule has 23 heavy (non-hydrogen) atoms. The fourth-order valence-electron chi connectivity index (χ4n) is 2.74. The maximum absolute atomic E-state index is 12.6. The average Bonchev–Trinajstić information content (AvgIpc) is 2.58. The predicted molar refractivity (Wildman–Crippen MR) is 90.6 cm³/mol. The van der Waals surface area contributed by atoms with Gasteiger partial charge in [0.05, 0.1) is 0 Å². The molecule has 4 heteroatoms. The van der Waals surface area contributed by atoms with Crippen LogP contribution in [0.1, 0.15) is 16.7 Å². The van der Waals surface area contributed by atoms with Crippen molar-refractivity contribution in [1.82, 2.24) is 4.90 Å². The van der Waals surface area contributed by atoms with Crippen molar-refractivity contribution in [3.8, 4) is 6.07 Å². The van der Waals surface area contributed by atoms with Crippen LogP contribution in [0.4, 0.5) is 0 Å². The van der Waals surface area contributed by atoms with E-state index in [-0.39, 0.29) is 11.5 Å².